The summed E-state index contributed by atoms with van der Waals surface area (Å²) in [6.45, 7) is 1.34. The van der Waals surface area contributed by atoms with Gasteiger partial charge in [-0.25, -0.2) is 18.0 Å². The van der Waals surface area contributed by atoms with E-state index in [1.165, 1.54) is 41.3 Å². The molecular weight excluding hydrogens is 359 g/mol. The highest BCUT2D eigenvalue weighted by atomic mass is 19.2. The molecule has 27 heavy (non-hydrogen) atoms. The summed E-state index contributed by atoms with van der Waals surface area (Å²) in [4.78, 5) is 27.9. The van der Waals surface area contributed by atoms with Gasteiger partial charge < -0.3 is 15.1 Å². The van der Waals surface area contributed by atoms with Gasteiger partial charge in [0.15, 0.2) is 11.6 Å². The number of nitrogens with zero attached hydrogens (tertiary/aromatic N) is 2. The molecule has 8 heteroatoms. The summed E-state index contributed by atoms with van der Waals surface area (Å²) in [6.07, 6.45) is 0.534. The molecule has 0 bridgehead atoms. The SMILES string of the molecule is O=C(Nc1cccc(F)c1F)N1CCCN(C(=O)c2ccc(F)cc2)CC1. The highest BCUT2D eigenvalue weighted by Gasteiger charge is 2.23. The molecule has 0 spiro atoms. The lowest BCUT2D eigenvalue weighted by Crippen LogP contribution is -2.39. The molecule has 0 aromatic heterocycles. The van der Waals surface area contributed by atoms with Crippen LogP contribution in [0.3, 0.4) is 0 Å². The Morgan fingerprint density at radius 3 is 2.26 bits per heavy atom. The van der Waals surface area contributed by atoms with Crippen molar-refractivity contribution < 1.29 is 22.8 Å². The Hall–Kier alpha value is -3.03. The van der Waals surface area contributed by atoms with Crippen LogP contribution in [-0.4, -0.2) is 47.9 Å². The molecular formula is C19H18F3N3O2. The molecule has 1 aliphatic rings. The third-order valence-electron chi connectivity index (χ3n) is 4.35. The molecule has 2 aromatic rings. The number of anilines is 1. The van der Waals surface area contributed by atoms with E-state index < -0.39 is 23.5 Å². The lowest BCUT2D eigenvalue weighted by molar-refractivity contribution is 0.0762. The first kappa shape index (κ1) is 18.8. The van der Waals surface area contributed by atoms with E-state index in [1.807, 2.05) is 0 Å². The highest BCUT2D eigenvalue weighted by molar-refractivity contribution is 5.94. The fourth-order valence-electron chi connectivity index (χ4n) is 2.89. The van der Waals surface area contributed by atoms with Crippen molar-refractivity contribution in [2.45, 2.75) is 6.42 Å². The van der Waals surface area contributed by atoms with E-state index in [-0.39, 0.29) is 24.7 Å². The standard InChI is InChI=1S/C19H18F3N3O2/c20-14-7-5-13(6-8-14)18(26)24-9-2-10-25(12-11-24)19(27)23-16-4-1-3-15(21)17(16)22/h1,3-8H,2,9-12H2,(H,23,27). The van der Waals surface area contributed by atoms with E-state index in [0.717, 1.165) is 6.07 Å². The first-order chi connectivity index (χ1) is 13.0. The maximum Gasteiger partial charge on any atom is 0.321 e. The van der Waals surface area contributed by atoms with Crippen LogP contribution in [0, 0.1) is 17.5 Å². The summed E-state index contributed by atoms with van der Waals surface area (Å²) in [5.74, 6) is -2.82. The minimum absolute atomic E-state index is 0.233. The molecule has 1 aliphatic heterocycles. The normalized spacial score (nSPS) is 14.6. The third kappa shape index (κ3) is 4.39. The van der Waals surface area contributed by atoms with Gasteiger partial charge in [0.2, 0.25) is 0 Å². The maximum absolute atomic E-state index is 13.7. The Morgan fingerprint density at radius 1 is 0.852 bits per heavy atom. The van der Waals surface area contributed by atoms with Crippen LogP contribution in [0.15, 0.2) is 42.5 Å². The second kappa shape index (κ2) is 8.11. The minimum Gasteiger partial charge on any atom is -0.337 e. The first-order valence-corrected chi connectivity index (χ1v) is 8.50. The predicted octanol–water partition coefficient (Wildman–Crippen LogP) is 3.48. The fraction of sp³-hybridized carbons (Fsp3) is 0.263. The van der Waals surface area contributed by atoms with E-state index >= 15 is 0 Å². The van der Waals surface area contributed by atoms with E-state index in [9.17, 15) is 22.8 Å². The third-order valence-corrected chi connectivity index (χ3v) is 4.35. The van der Waals surface area contributed by atoms with Crippen LogP contribution < -0.4 is 5.32 Å². The van der Waals surface area contributed by atoms with Crippen molar-refractivity contribution in [3.8, 4) is 0 Å². The summed E-state index contributed by atoms with van der Waals surface area (Å²) in [5, 5.41) is 2.36. The summed E-state index contributed by atoms with van der Waals surface area (Å²) in [7, 11) is 0. The Bertz CT molecular complexity index is 843. The summed E-state index contributed by atoms with van der Waals surface area (Å²) in [6, 6.07) is 8.26. The molecule has 3 rings (SSSR count). The molecule has 0 saturated carbocycles. The molecule has 2 aromatic carbocycles. The van der Waals surface area contributed by atoms with Crippen molar-refractivity contribution in [3.05, 3.63) is 65.5 Å². The Kier molecular flexibility index (Phi) is 5.63. The number of urea groups is 1. The van der Waals surface area contributed by atoms with Crippen molar-refractivity contribution >= 4 is 17.6 Å². The van der Waals surface area contributed by atoms with Gasteiger partial charge in [-0.05, 0) is 42.8 Å². The number of hydrogen-bond donors (Lipinski definition) is 1. The van der Waals surface area contributed by atoms with Crippen molar-refractivity contribution in [2.24, 2.45) is 0 Å². The monoisotopic (exact) mass is 377 g/mol. The molecule has 1 N–H and O–H groups in total. The zero-order chi connectivity index (χ0) is 19.4. The average molecular weight is 377 g/mol. The largest absolute Gasteiger partial charge is 0.337 e. The van der Waals surface area contributed by atoms with Gasteiger partial charge in [-0.2, -0.15) is 0 Å². The van der Waals surface area contributed by atoms with E-state index in [1.54, 1.807) is 4.90 Å². The van der Waals surface area contributed by atoms with Crippen molar-refractivity contribution in [1.29, 1.82) is 0 Å². The van der Waals surface area contributed by atoms with Crippen LogP contribution in [-0.2, 0) is 0 Å². The number of nitrogens with one attached hydrogen (secondary N) is 1. The minimum atomic E-state index is -1.12. The van der Waals surface area contributed by atoms with Gasteiger partial charge in [0, 0.05) is 31.7 Å². The molecule has 5 nitrogen and oxygen atoms in total. The molecule has 0 aliphatic carbocycles. The van der Waals surface area contributed by atoms with Gasteiger partial charge in [-0.3, -0.25) is 4.79 Å². The van der Waals surface area contributed by atoms with E-state index in [0.29, 0.717) is 25.1 Å². The summed E-state index contributed by atoms with van der Waals surface area (Å²) >= 11 is 0. The van der Waals surface area contributed by atoms with Gasteiger partial charge >= 0.3 is 6.03 Å². The Morgan fingerprint density at radius 2 is 1.52 bits per heavy atom. The fourth-order valence-corrected chi connectivity index (χ4v) is 2.89. The number of halogens is 3. The smallest absolute Gasteiger partial charge is 0.321 e. The maximum atomic E-state index is 13.7. The first-order valence-electron chi connectivity index (χ1n) is 8.50. The Labute approximate surface area is 154 Å². The zero-order valence-electron chi connectivity index (χ0n) is 14.4. The topological polar surface area (TPSA) is 52.7 Å². The van der Waals surface area contributed by atoms with Gasteiger partial charge in [0.05, 0.1) is 5.69 Å². The number of amides is 3. The molecule has 1 fully saturated rings. The number of benzene rings is 2. The van der Waals surface area contributed by atoms with E-state index in [2.05, 4.69) is 5.32 Å². The van der Waals surface area contributed by atoms with Gasteiger partial charge in [0.1, 0.15) is 5.82 Å². The molecule has 0 radical (unpaired) electrons. The van der Waals surface area contributed by atoms with Crippen LogP contribution in [0.5, 0.6) is 0 Å². The van der Waals surface area contributed by atoms with Crippen molar-refractivity contribution in [2.75, 3.05) is 31.5 Å². The molecule has 1 saturated heterocycles. The zero-order valence-corrected chi connectivity index (χ0v) is 14.4. The van der Waals surface area contributed by atoms with Crippen LogP contribution >= 0.6 is 0 Å². The van der Waals surface area contributed by atoms with Crippen LogP contribution in [0.1, 0.15) is 16.8 Å². The lowest BCUT2D eigenvalue weighted by Gasteiger charge is -2.22. The highest BCUT2D eigenvalue weighted by Crippen LogP contribution is 2.18. The average Bonchev–Trinajstić information content (AvgIpc) is 2.92. The van der Waals surface area contributed by atoms with Crippen LogP contribution in [0.4, 0.5) is 23.7 Å². The molecule has 3 amide bonds. The quantitative estimate of drug-likeness (QED) is 0.871. The second-order valence-corrected chi connectivity index (χ2v) is 6.17. The summed E-state index contributed by atoms with van der Waals surface area (Å²) < 4.78 is 40.0. The number of hydrogen-bond acceptors (Lipinski definition) is 2. The Balaban J connectivity index is 1.62. The predicted molar refractivity (Wildman–Crippen MR) is 93.9 cm³/mol. The van der Waals surface area contributed by atoms with Gasteiger partial charge in [-0.1, -0.05) is 6.07 Å². The molecule has 0 atom stereocenters. The van der Waals surface area contributed by atoms with Crippen molar-refractivity contribution in [3.63, 3.8) is 0 Å². The van der Waals surface area contributed by atoms with Gasteiger partial charge in [0.25, 0.3) is 5.91 Å². The molecule has 1 heterocycles. The molecule has 0 unspecified atom stereocenters. The van der Waals surface area contributed by atoms with Crippen LogP contribution in [0.2, 0.25) is 0 Å². The van der Waals surface area contributed by atoms with Crippen molar-refractivity contribution in [1.82, 2.24) is 9.80 Å². The van der Waals surface area contributed by atoms with Crippen LogP contribution in [0.25, 0.3) is 0 Å². The summed E-state index contributed by atoms with van der Waals surface area (Å²) in [5.41, 5.74) is 0.139. The number of rotatable bonds is 2. The number of carbonyl (C=O) groups excluding carboxylic acids is 2. The van der Waals surface area contributed by atoms with E-state index in [4.69, 9.17) is 0 Å². The second-order valence-electron chi connectivity index (χ2n) is 6.17. The number of carbonyl (C=O) groups is 2. The molecule has 142 valence electrons. The lowest BCUT2D eigenvalue weighted by atomic mass is 10.2. The van der Waals surface area contributed by atoms with Gasteiger partial charge in [-0.15, -0.1) is 0 Å².